The summed E-state index contributed by atoms with van der Waals surface area (Å²) in [5, 5.41) is 8.70. The Bertz CT molecular complexity index is 306. The number of aryl methyl sites for hydroxylation is 2. The van der Waals surface area contributed by atoms with Crippen LogP contribution in [0.15, 0.2) is 24.3 Å². The van der Waals surface area contributed by atoms with E-state index in [1.807, 2.05) is 29.5 Å². The summed E-state index contributed by atoms with van der Waals surface area (Å²) in [5.41, 5.74) is 2.44. The molecular weight excluding hydrogens is 291 g/mol. The van der Waals surface area contributed by atoms with Crippen molar-refractivity contribution < 1.29 is 9.90 Å². The lowest BCUT2D eigenvalue weighted by atomic mass is 10.1. The molecule has 0 aliphatic heterocycles. The van der Waals surface area contributed by atoms with E-state index in [0.717, 1.165) is 6.42 Å². The van der Waals surface area contributed by atoms with Gasteiger partial charge in [-0.15, -0.1) is 0 Å². The quantitative estimate of drug-likeness (QED) is 0.686. The molecule has 76 valence electrons. The van der Waals surface area contributed by atoms with Crippen molar-refractivity contribution in [3.63, 3.8) is 0 Å². The van der Waals surface area contributed by atoms with Gasteiger partial charge in [0.1, 0.15) is 3.92 Å². The molecule has 0 heterocycles. The number of benzene rings is 1. The Hall–Kier alpha value is -0.580. The fourth-order valence-corrected chi connectivity index (χ4v) is 1.48. The Morgan fingerprint density at radius 1 is 1.43 bits per heavy atom. The van der Waals surface area contributed by atoms with Crippen molar-refractivity contribution in [1.29, 1.82) is 0 Å². The predicted molar refractivity (Wildman–Crippen MR) is 64.9 cm³/mol. The Kier molecular flexibility index (Phi) is 4.38. The van der Waals surface area contributed by atoms with Gasteiger partial charge in [-0.25, -0.2) is 0 Å². The lowest BCUT2D eigenvalue weighted by molar-refractivity contribution is -0.136. The summed E-state index contributed by atoms with van der Waals surface area (Å²) in [6, 6.07) is 8.22. The molecule has 3 heteroatoms. The molecule has 1 atom stereocenters. The molecule has 1 aromatic carbocycles. The molecule has 0 spiro atoms. The van der Waals surface area contributed by atoms with Crippen molar-refractivity contribution >= 4 is 28.6 Å². The topological polar surface area (TPSA) is 37.3 Å². The number of carboxylic acids is 1. The smallest absolute Gasteiger partial charge is 0.316 e. The Balaban J connectivity index is 2.46. The molecule has 0 saturated heterocycles. The molecule has 1 aromatic rings. The lowest BCUT2D eigenvalue weighted by Gasteiger charge is -2.04. The van der Waals surface area contributed by atoms with Crippen LogP contribution in [0.3, 0.4) is 0 Å². The molecule has 0 fully saturated rings. The molecule has 0 radical (unpaired) electrons. The van der Waals surface area contributed by atoms with Crippen LogP contribution < -0.4 is 0 Å². The Morgan fingerprint density at radius 2 is 2.00 bits per heavy atom. The molecule has 2 nitrogen and oxygen atoms in total. The number of halogens is 1. The first-order valence-electron chi connectivity index (χ1n) is 4.52. The minimum Gasteiger partial charge on any atom is -0.480 e. The van der Waals surface area contributed by atoms with E-state index in [1.165, 1.54) is 11.1 Å². The molecule has 0 bridgehead atoms. The summed E-state index contributed by atoms with van der Waals surface area (Å²) in [6.07, 6.45) is 1.53. The van der Waals surface area contributed by atoms with Gasteiger partial charge in [0, 0.05) is 0 Å². The standard InChI is InChI=1S/C11H13IO2/c1-8-2-4-9(5-3-8)6-7-10(12)11(13)14/h2-5,10H,6-7H2,1H3,(H,13,14). The average Bonchev–Trinajstić information content (AvgIpc) is 2.16. The second-order valence-corrected chi connectivity index (χ2v) is 4.83. The lowest BCUT2D eigenvalue weighted by Crippen LogP contribution is -2.13. The first-order chi connectivity index (χ1) is 6.59. The van der Waals surface area contributed by atoms with Crippen LogP contribution in [0.4, 0.5) is 0 Å². The summed E-state index contributed by atoms with van der Waals surface area (Å²) in [5.74, 6) is -0.724. The van der Waals surface area contributed by atoms with Gasteiger partial charge in [-0.3, -0.25) is 4.79 Å². The van der Waals surface area contributed by atoms with Gasteiger partial charge in [-0.2, -0.15) is 0 Å². The first-order valence-corrected chi connectivity index (χ1v) is 5.76. The number of alkyl halides is 1. The number of hydrogen-bond acceptors (Lipinski definition) is 1. The monoisotopic (exact) mass is 304 g/mol. The maximum absolute atomic E-state index is 10.6. The predicted octanol–water partition coefficient (Wildman–Crippen LogP) is 2.82. The van der Waals surface area contributed by atoms with Gasteiger partial charge >= 0.3 is 5.97 Å². The highest BCUT2D eigenvalue weighted by Gasteiger charge is 2.11. The zero-order valence-corrected chi connectivity index (χ0v) is 10.2. The minimum absolute atomic E-state index is 0.283. The van der Waals surface area contributed by atoms with Gasteiger partial charge < -0.3 is 5.11 Å². The molecule has 0 aliphatic rings. The van der Waals surface area contributed by atoms with Crippen molar-refractivity contribution in [3.05, 3.63) is 35.4 Å². The van der Waals surface area contributed by atoms with E-state index in [4.69, 9.17) is 5.11 Å². The number of carbonyl (C=O) groups is 1. The van der Waals surface area contributed by atoms with Crippen molar-refractivity contribution in [1.82, 2.24) is 0 Å². The Labute approximate surface area is 97.5 Å². The summed E-state index contributed by atoms with van der Waals surface area (Å²) in [7, 11) is 0. The molecule has 0 amide bonds. The van der Waals surface area contributed by atoms with E-state index in [-0.39, 0.29) is 3.92 Å². The fourth-order valence-electron chi connectivity index (χ4n) is 1.17. The van der Waals surface area contributed by atoms with E-state index >= 15 is 0 Å². The second-order valence-electron chi connectivity index (χ2n) is 3.33. The largest absolute Gasteiger partial charge is 0.480 e. The van der Waals surface area contributed by atoms with Crippen LogP contribution in [-0.2, 0) is 11.2 Å². The Morgan fingerprint density at radius 3 is 2.50 bits per heavy atom. The maximum Gasteiger partial charge on any atom is 0.316 e. The fraction of sp³-hybridized carbons (Fsp3) is 0.364. The third-order valence-electron chi connectivity index (χ3n) is 2.08. The zero-order valence-electron chi connectivity index (χ0n) is 8.03. The van der Waals surface area contributed by atoms with Crippen molar-refractivity contribution in [2.45, 2.75) is 23.7 Å². The maximum atomic E-state index is 10.6. The second kappa shape index (κ2) is 5.34. The third kappa shape index (κ3) is 3.65. The summed E-state index contributed by atoms with van der Waals surface area (Å²) in [4.78, 5) is 10.6. The van der Waals surface area contributed by atoms with Crippen molar-refractivity contribution in [2.24, 2.45) is 0 Å². The van der Waals surface area contributed by atoms with Gasteiger partial charge in [0.25, 0.3) is 0 Å². The van der Waals surface area contributed by atoms with Crippen molar-refractivity contribution in [2.75, 3.05) is 0 Å². The molecule has 1 N–H and O–H groups in total. The first kappa shape index (κ1) is 11.5. The van der Waals surface area contributed by atoms with Crippen LogP contribution in [0, 0.1) is 6.92 Å². The summed E-state index contributed by atoms with van der Waals surface area (Å²) in [6.45, 7) is 2.04. The SMILES string of the molecule is Cc1ccc(CCC(I)C(=O)O)cc1. The van der Waals surface area contributed by atoms with Crippen LogP contribution in [0.1, 0.15) is 17.5 Å². The van der Waals surface area contributed by atoms with Crippen LogP contribution in [0.5, 0.6) is 0 Å². The van der Waals surface area contributed by atoms with Gasteiger partial charge in [0.2, 0.25) is 0 Å². The van der Waals surface area contributed by atoms with E-state index in [0.29, 0.717) is 6.42 Å². The van der Waals surface area contributed by atoms with E-state index < -0.39 is 5.97 Å². The van der Waals surface area contributed by atoms with Gasteiger partial charge in [-0.1, -0.05) is 52.4 Å². The normalized spacial score (nSPS) is 12.4. The van der Waals surface area contributed by atoms with E-state index in [2.05, 4.69) is 24.3 Å². The van der Waals surface area contributed by atoms with Gasteiger partial charge in [0.15, 0.2) is 0 Å². The van der Waals surface area contributed by atoms with Crippen LogP contribution >= 0.6 is 22.6 Å². The molecule has 0 saturated carbocycles. The molecule has 1 unspecified atom stereocenters. The average molecular weight is 304 g/mol. The number of rotatable bonds is 4. The van der Waals surface area contributed by atoms with E-state index in [9.17, 15) is 4.79 Å². The van der Waals surface area contributed by atoms with Crippen LogP contribution in [0.25, 0.3) is 0 Å². The minimum atomic E-state index is -0.724. The summed E-state index contributed by atoms with van der Waals surface area (Å²) >= 11 is 1.97. The van der Waals surface area contributed by atoms with Crippen LogP contribution in [0.2, 0.25) is 0 Å². The molecule has 0 aromatic heterocycles. The third-order valence-corrected chi connectivity index (χ3v) is 3.23. The number of hydrogen-bond donors (Lipinski definition) is 1. The molecular formula is C11H13IO2. The zero-order chi connectivity index (χ0) is 10.6. The molecule has 14 heavy (non-hydrogen) atoms. The highest BCUT2D eigenvalue weighted by atomic mass is 127. The molecule has 0 aliphatic carbocycles. The number of carboxylic acid groups (broad SMARTS) is 1. The number of aliphatic carboxylic acids is 1. The summed E-state index contributed by atoms with van der Waals surface area (Å²) < 4.78 is -0.283. The van der Waals surface area contributed by atoms with Crippen molar-refractivity contribution in [3.8, 4) is 0 Å². The molecule has 1 rings (SSSR count). The highest BCUT2D eigenvalue weighted by molar-refractivity contribution is 14.1. The van der Waals surface area contributed by atoms with Gasteiger partial charge in [0.05, 0.1) is 0 Å². The van der Waals surface area contributed by atoms with Crippen LogP contribution in [-0.4, -0.2) is 15.0 Å². The highest BCUT2D eigenvalue weighted by Crippen LogP contribution is 2.12. The van der Waals surface area contributed by atoms with Gasteiger partial charge in [-0.05, 0) is 25.3 Å². The van der Waals surface area contributed by atoms with E-state index in [1.54, 1.807) is 0 Å².